The highest BCUT2D eigenvalue weighted by atomic mass is 32.2. The first-order valence-electron chi connectivity index (χ1n) is 9.17. The predicted octanol–water partition coefficient (Wildman–Crippen LogP) is 3.04. The summed E-state index contributed by atoms with van der Waals surface area (Å²) in [6.07, 6.45) is 0.402. The second-order valence-corrected chi connectivity index (χ2v) is 9.55. The van der Waals surface area contributed by atoms with Crippen LogP contribution in [0.3, 0.4) is 0 Å². The zero-order chi connectivity index (χ0) is 20.3. The fraction of sp³-hybridized carbons (Fsp3) is 0.381. The van der Waals surface area contributed by atoms with Crippen LogP contribution in [-0.2, 0) is 21.2 Å². The van der Waals surface area contributed by atoms with E-state index < -0.39 is 15.9 Å². The van der Waals surface area contributed by atoms with E-state index in [9.17, 15) is 17.6 Å². The molecule has 150 valence electrons. The lowest BCUT2D eigenvalue weighted by molar-refractivity contribution is -0.136. The van der Waals surface area contributed by atoms with Crippen molar-refractivity contribution in [3.63, 3.8) is 0 Å². The van der Waals surface area contributed by atoms with Crippen LogP contribution in [0.2, 0.25) is 0 Å². The number of aryl methyl sites for hydroxylation is 2. The largest absolute Gasteiger partial charge is 0.484 e. The second kappa shape index (κ2) is 8.31. The quantitative estimate of drug-likeness (QED) is 0.741. The Kier molecular flexibility index (Phi) is 6.03. The summed E-state index contributed by atoms with van der Waals surface area (Å²) in [6, 6.07) is 11.2. The van der Waals surface area contributed by atoms with E-state index in [1.54, 1.807) is 17.0 Å². The van der Waals surface area contributed by atoms with E-state index in [-0.39, 0.29) is 36.4 Å². The standard InChI is InChI=1S/C21H24FNO4S/c1-15-9-16(2)11-20(10-15)27-13-21(24)23(19-7-8-28(25,26)14-19)12-17-3-5-18(22)6-4-17/h3-6,9-11,19H,7-8,12-14H2,1-2H3. The van der Waals surface area contributed by atoms with Crippen molar-refractivity contribution in [2.45, 2.75) is 32.9 Å². The summed E-state index contributed by atoms with van der Waals surface area (Å²) in [5.41, 5.74) is 2.81. The normalized spacial score (nSPS) is 18.0. The number of amides is 1. The van der Waals surface area contributed by atoms with Gasteiger partial charge >= 0.3 is 0 Å². The van der Waals surface area contributed by atoms with Crippen LogP contribution in [0.4, 0.5) is 4.39 Å². The van der Waals surface area contributed by atoms with Crippen LogP contribution in [0, 0.1) is 19.7 Å². The van der Waals surface area contributed by atoms with Crippen molar-refractivity contribution in [1.82, 2.24) is 4.90 Å². The molecular weight excluding hydrogens is 381 g/mol. The van der Waals surface area contributed by atoms with E-state index >= 15 is 0 Å². The highest BCUT2D eigenvalue weighted by molar-refractivity contribution is 7.91. The van der Waals surface area contributed by atoms with Gasteiger partial charge in [-0.1, -0.05) is 18.2 Å². The van der Waals surface area contributed by atoms with Gasteiger partial charge in [-0.05, 0) is 61.2 Å². The maximum atomic E-state index is 13.2. The molecule has 28 heavy (non-hydrogen) atoms. The number of nitrogens with zero attached hydrogens (tertiary/aromatic N) is 1. The summed E-state index contributed by atoms with van der Waals surface area (Å²) in [7, 11) is -3.15. The molecule has 7 heteroatoms. The van der Waals surface area contributed by atoms with E-state index in [4.69, 9.17) is 4.74 Å². The van der Waals surface area contributed by atoms with Gasteiger partial charge in [0.2, 0.25) is 0 Å². The highest BCUT2D eigenvalue weighted by Gasteiger charge is 2.34. The van der Waals surface area contributed by atoms with Crippen LogP contribution >= 0.6 is 0 Å². The molecule has 1 fully saturated rings. The Morgan fingerprint density at radius 1 is 1.14 bits per heavy atom. The van der Waals surface area contributed by atoms with Gasteiger partial charge in [0.25, 0.3) is 5.91 Å². The van der Waals surface area contributed by atoms with E-state index in [1.807, 2.05) is 32.0 Å². The molecule has 1 atom stereocenters. The average Bonchev–Trinajstić information content (AvgIpc) is 2.98. The van der Waals surface area contributed by atoms with Crippen molar-refractivity contribution in [2.24, 2.45) is 0 Å². The fourth-order valence-electron chi connectivity index (χ4n) is 3.47. The van der Waals surface area contributed by atoms with Crippen molar-refractivity contribution < 1.29 is 22.3 Å². The predicted molar refractivity (Wildman–Crippen MR) is 105 cm³/mol. The number of ether oxygens (including phenoxy) is 1. The van der Waals surface area contributed by atoms with Gasteiger partial charge < -0.3 is 9.64 Å². The molecule has 1 aliphatic heterocycles. The van der Waals surface area contributed by atoms with Gasteiger partial charge in [-0.3, -0.25) is 4.79 Å². The van der Waals surface area contributed by atoms with Crippen molar-refractivity contribution in [2.75, 3.05) is 18.1 Å². The zero-order valence-corrected chi connectivity index (χ0v) is 16.8. The second-order valence-electron chi connectivity index (χ2n) is 7.32. The molecule has 0 spiro atoms. The molecular formula is C21H24FNO4S. The Hall–Kier alpha value is -2.41. The third-order valence-electron chi connectivity index (χ3n) is 4.79. The summed E-state index contributed by atoms with van der Waals surface area (Å²) in [5, 5.41) is 0. The van der Waals surface area contributed by atoms with E-state index in [1.165, 1.54) is 12.1 Å². The summed E-state index contributed by atoms with van der Waals surface area (Å²) in [6.45, 7) is 3.94. The van der Waals surface area contributed by atoms with Crippen LogP contribution in [-0.4, -0.2) is 43.4 Å². The van der Waals surface area contributed by atoms with E-state index in [0.717, 1.165) is 16.7 Å². The molecule has 5 nitrogen and oxygen atoms in total. The summed E-state index contributed by atoms with van der Waals surface area (Å²) >= 11 is 0. The molecule has 1 unspecified atom stereocenters. The molecule has 1 amide bonds. The van der Waals surface area contributed by atoms with Gasteiger partial charge in [0.1, 0.15) is 11.6 Å². The van der Waals surface area contributed by atoms with E-state index in [2.05, 4.69) is 0 Å². The average molecular weight is 405 g/mol. The molecule has 1 saturated heterocycles. The van der Waals surface area contributed by atoms with Crippen LogP contribution in [0.15, 0.2) is 42.5 Å². The lowest BCUT2D eigenvalue weighted by Gasteiger charge is -2.28. The van der Waals surface area contributed by atoms with Crippen molar-refractivity contribution >= 4 is 15.7 Å². The van der Waals surface area contributed by atoms with Gasteiger partial charge in [0, 0.05) is 12.6 Å². The van der Waals surface area contributed by atoms with Gasteiger partial charge in [0.05, 0.1) is 11.5 Å². The first kappa shape index (κ1) is 20.3. The zero-order valence-electron chi connectivity index (χ0n) is 16.0. The third-order valence-corrected chi connectivity index (χ3v) is 6.54. The maximum absolute atomic E-state index is 13.2. The Labute approximate surface area is 165 Å². The molecule has 3 rings (SSSR count). The minimum Gasteiger partial charge on any atom is -0.484 e. The Bertz CT molecular complexity index is 937. The van der Waals surface area contributed by atoms with E-state index in [0.29, 0.717) is 12.2 Å². The van der Waals surface area contributed by atoms with Crippen LogP contribution < -0.4 is 4.74 Å². The fourth-order valence-corrected chi connectivity index (χ4v) is 5.20. The number of halogens is 1. The number of hydrogen-bond donors (Lipinski definition) is 0. The summed E-state index contributed by atoms with van der Waals surface area (Å²) in [4.78, 5) is 14.4. The van der Waals surface area contributed by atoms with Crippen LogP contribution in [0.25, 0.3) is 0 Å². The molecule has 1 aliphatic rings. The number of carbonyl (C=O) groups excluding carboxylic acids is 1. The maximum Gasteiger partial charge on any atom is 0.261 e. The Morgan fingerprint density at radius 3 is 2.36 bits per heavy atom. The van der Waals surface area contributed by atoms with Crippen LogP contribution in [0.5, 0.6) is 5.75 Å². The van der Waals surface area contributed by atoms with Gasteiger partial charge in [0.15, 0.2) is 16.4 Å². The highest BCUT2D eigenvalue weighted by Crippen LogP contribution is 2.22. The third kappa shape index (κ3) is 5.32. The lowest BCUT2D eigenvalue weighted by atomic mass is 10.1. The number of benzene rings is 2. The molecule has 0 aromatic heterocycles. The molecule has 0 aliphatic carbocycles. The number of hydrogen-bond acceptors (Lipinski definition) is 4. The molecule has 2 aromatic rings. The van der Waals surface area contributed by atoms with Crippen molar-refractivity contribution in [1.29, 1.82) is 0 Å². The molecule has 2 aromatic carbocycles. The first-order valence-corrected chi connectivity index (χ1v) is 11.0. The topological polar surface area (TPSA) is 63.7 Å². The van der Waals surface area contributed by atoms with Gasteiger partial charge in [-0.15, -0.1) is 0 Å². The molecule has 0 saturated carbocycles. The minimum atomic E-state index is -3.15. The Balaban J connectivity index is 1.75. The smallest absolute Gasteiger partial charge is 0.261 e. The molecule has 0 N–H and O–H groups in total. The SMILES string of the molecule is Cc1cc(C)cc(OCC(=O)N(Cc2ccc(F)cc2)C2CCS(=O)(=O)C2)c1. The monoisotopic (exact) mass is 405 g/mol. The molecule has 0 radical (unpaired) electrons. The van der Waals surface area contributed by atoms with Crippen LogP contribution in [0.1, 0.15) is 23.1 Å². The van der Waals surface area contributed by atoms with Gasteiger partial charge in [-0.2, -0.15) is 0 Å². The summed E-state index contributed by atoms with van der Waals surface area (Å²) in [5.74, 6) is -0.0211. The first-order chi connectivity index (χ1) is 13.2. The number of rotatable bonds is 6. The number of sulfone groups is 1. The number of carbonyl (C=O) groups is 1. The van der Waals surface area contributed by atoms with Crippen molar-refractivity contribution in [3.05, 3.63) is 65.0 Å². The lowest BCUT2D eigenvalue weighted by Crippen LogP contribution is -2.43. The minimum absolute atomic E-state index is 0.0521. The molecule has 1 heterocycles. The van der Waals surface area contributed by atoms with Gasteiger partial charge in [-0.25, -0.2) is 12.8 Å². The molecule has 0 bridgehead atoms. The van der Waals surface area contributed by atoms with Crippen molar-refractivity contribution in [3.8, 4) is 5.75 Å². The summed E-state index contributed by atoms with van der Waals surface area (Å²) < 4.78 is 42.7. The Morgan fingerprint density at radius 2 is 1.79 bits per heavy atom.